The Bertz CT molecular complexity index is 757. The predicted octanol–water partition coefficient (Wildman–Crippen LogP) is 0.584. The molecule has 6 heteroatoms. The molecule has 8 atom stereocenters. The number of rotatable bonds is 0. The van der Waals surface area contributed by atoms with Crippen molar-refractivity contribution in [3.63, 3.8) is 0 Å². The highest BCUT2D eigenvalue weighted by molar-refractivity contribution is 6.05. The van der Waals surface area contributed by atoms with Crippen LogP contribution in [0, 0.1) is 34.0 Å². The number of hydrogen-bond donors (Lipinski definition) is 3. The van der Waals surface area contributed by atoms with Gasteiger partial charge in [-0.3, -0.25) is 9.59 Å². The molecule has 0 aromatic rings. The van der Waals surface area contributed by atoms with Crippen molar-refractivity contribution in [1.29, 1.82) is 0 Å². The van der Waals surface area contributed by atoms with Crippen molar-refractivity contribution >= 4 is 11.6 Å². The van der Waals surface area contributed by atoms with Crippen molar-refractivity contribution in [2.45, 2.75) is 57.5 Å². The fourth-order valence-corrected chi connectivity index (χ4v) is 7.50. The van der Waals surface area contributed by atoms with Gasteiger partial charge in [0.25, 0.3) is 0 Å². The number of hydrogen-bond acceptors (Lipinski definition) is 6. The molecule has 6 nitrogen and oxygen atoms in total. The van der Waals surface area contributed by atoms with E-state index in [9.17, 15) is 24.9 Å². The van der Waals surface area contributed by atoms with E-state index in [1.54, 1.807) is 0 Å². The first-order valence-electron chi connectivity index (χ1n) is 9.54. The quantitative estimate of drug-likeness (QED) is 0.545. The van der Waals surface area contributed by atoms with E-state index < -0.39 is 40.2 Å². The van der Waals surface area contributed by atoms with Crippen LogP contribution in [-0.4, -0.2) is 51.5 Å². The first-order valence-corrected chi connectivity index (χ1v) is 9.54. The number of aliphatic hydroxyl groups excluding tert-OH is 2. The van der Waals surface area contributed by atoms with Gasteiger partial charge in [0.05, 0.1) is 23.5 Å². The molecular formula is C20H26O6. The average Bonchev–Trinajstić information content (AvgIpc) is 2.77. The predicted molar refractivity (Wildman–Crippen MR) is 89.7 cm³/mol. The van der Waals surface area contributed by atoms with Crippen LogP contribution < -0.4 is 0 Å². The molecule has 2 heterocycles. The van der Waals surface area contributed by atoms with Crippen LogP contribution >= 0.6 is 0 Å². The summed E-state index contributed by atoms with van der Waals surface area (Å²) in [5.41, 5.74) is -2.63. The maximum Gasteiger partial charge on any atom is 0.205 e. The molecule has 4 saturated carbocycles. The van der Waals surface area contributed by atoms with E-state index in [1.165, 1.54) is 0 Å². The fraction of sp³-hybridized carbons (Fsp3) is 0.800. The Morgan fingerprint density at radius 2 is 1.88 bits per heavy atom. The molecule has 0 aromatic carbocycles. The second-order valence-corrected chi connectivity index (χ2v) is 9.77. The van der Waals surface area contributed by atoms with E-state index in [-0.39, 0.29) is 36.4 Å². The van der Waals surface area contributed by atoms with Crippen LogP contribution in [0.3, 0.4) is 0 Å². The number of Topliss-reactive ketones (excluding diaryl/α,β-unsaturated/α-hetero) is 2. The van der Waals surface area contributed by atoms with Gasteiger partial charge in [0.15, 0.2) is 5.78 Å². The van der Waals surface area contributed by atoms with E-state index in [0.29, 0.717) is 18.4 Å². The third-order valence-electron chi connectivity index (χ3n) is 8.78. The lowest BCUT2D eigenvalue weighted by Crippen LogP contribution is -2.84. The Morgan fingerprint density at radius 1 is 1.19 bits per heavy atom. The van der Waals surface area contributed by atoms with E-state index in [4.69, 9.17) is 4.74 Å². The van der Waals surface area contributed by atoms with E-state index in [2.05, 4.69) is 6.58 Å². The summed E-state index contributed by atoms with van der Waals surface area (Å²) in [6, 6.07) is 0. The van der Waals surface area contributed by atoms with Gasteiger partial charge < -0.3 is 20.1 Å². The highest BCUT2D eigenvalue weighted by Gasteiger charge is 2.85. The summed E-state index contributed by atoms with van der Waals surface area (Å²) in [6.07, 6.45) is -0.549. The van der Waals surface area contributed by atoms with Crippen molar-refractivity contribution < 1.29 is 29.6 Å². The van der Waals surface area contributed by atoms with Gasteiger partial charge in [0.2, 0.25) is 5.79 Å². The molecule has 4 aliphatic carbocycles. The van der Waals surface area contributed by atoms with E-state index >= 15 is 0 Å². The second-order valence-electron chi connectivity index (χ2n) is 9.77. The molecule has 0 radical (unpaired) electrons. The van der Waals surface area contributed by atoms with Gasteiger partial charge in [0, 0.05) is 12.3 Å². The zero-order valence-electron chi connectivity index (χ0n) is 15.2. The lowest BCUT2D eigenvalue weighted by atomic mass is 9.36. The highest BCUT2D eigenvalue weighted by Crippen LogP contribution is 2.75. The molecule has 6 fully saturated rings. The fourth-order valence-electron chi connectivity index (χ4n) is 7.50. The molecule has 2 spiro atoms. The van der Waals surface area contributed by atoms with E-state index in [1.807, 2.05) is 13.8 Å². The number of carbonyl (C=O) groups is 2. The number of carbonyl (C=O) groups excluding carboxylic acids is 2. The Labute approximate surface area is 152 Å². The second kappa shape index (κ2) is 4.49. The van der Waals surface area contributed by atoms with Gasteiger partial charge in [-0.25, -0.2) is 0 Å². The Morgan fingerprint density at radius 3 is 2.58 bits per heavy atom. The zero-order chi connectivity index (χ0) is 18.9. The third kappa shape index (κ3) is 1.39. The van der Waals surface area contributed by atoms with Crippen molar-refractivity contribution in [2.24, 2.45) is 34.0 Å². The van der Waals surface area contributed by atoms with Crippen LogP contribution in [0.15, 0.2) is 12.2 Å². The molecule has 142 valence electrons. The first-order chi connectivity index (χ1) is 12.0. The number of fused-ring (bicyclic) bond motifs is 2. The lowest BCUT2D eigenvalue weighted by molar-refractivity contribution is -0.429. The minimum Gasteiger partial charge on any atom is -0.392 e. The molecule has 4 bridgehead atoms. The Kier molecular flexibility index (Phi) is 2.94. The summed E-state index contributed by atoms with van der Waals surface area (Å²) >= 11 is 0. The average molecular weight is 362 g/mol. The van der Waals surface area contributed by atoms with Crippen molar-refractivity contribution in [3.8, 4) is 0 Å². The largest absolute Gasteiger partial charge is 0.392 e. The topological polar surface area (TPSA) is 104 Å². The van der Waals surface area contributed by atoms with Crippen LogP contribution in [0.1, 0.15) is 39.5 Å². The summed E-state index contributed by atoms with van der Waals surface area (Å²) in [7, 11) is 0. The van der Waals surface area contributed by atoms with Gasteiger partial charge in [-0.15, -0.1) is 0 Å². The molecule has 2 saturated heterocycles. The summed E-state index contributed by atoms with van der Waals surface area (Å²) in [5, 5.41) is 33.4. The van der Waals surface area contributed by atoms with Crippen molar-refractivity contribution in [2.75, 3.05) is 6.61 Å². The van der Waals surface area contributed by atoms with Crippen molar-refractivity contribution in [3.05, 3.63) is 12.2 Å². The standard InChI is InChI=1S/C20H26O6/c1-9-10-4-5-11-18-8-26-20(25,19(11,7-10)15(9)23)16(24)14(18)17(2,3)12(21)6-13(18)22/h10-12,14,16,21,24-25H,1,4-8H2,2-3H3/t10-,11+,12-,14-,16+,18-,19+,20-/m1/s1. The molecule has 0 amide bonds. The number of allylic oxidation sites excluding steroid dienone is 1. The van der Waals surface area contributed by atoms with Crippen LogP contribution in [0.4, 0.5) is 0 Å². The SMILES string of the molecule is C=C1C(=O)[C@]23C[C@H]1CC[C@H]2[C@@]12CO[C@]3(O)[C@@H](O)[C@@H]1C(C)(C)[C@H](O)CC2=O. The normalized spacial score (nSPS) is 57.1. The van der Waals surface area contributed by atoms with Crippen LogP contribution in [-0.2, 0) is 14.3 Å². The smallest absolute Gasteiger partial charge is 0.205 e. The van der Waals surface area contributed by atoms with E-state index in [0.717, 1.165) is 6.42 Å². The summed E-state index contributed by atoms with van der Waals surface area (Å²) in [4.78, 5) is 26.6. The van der Waals surface area contributed by atoms with Crippen molar-refractivity contribution in [1.82, 2.24) is 0 Å². The summed E-state index contributed by atoms with van der Waals surface area (Å²) in [6.45, 7) is 7.60. The minimum atomic E-state index is -2.03. The van der Waals surface area contributed by atoms with Crippen LogP contribution in [0.2, 0.25) is 0 Å². The van der Waals surface area contributed by atoms with Crippen LogP contribution in [0.5, 0.6) is 0 Å². The summed E-state index contributed by atoms with van der Waals surface area (Å²) < 4.78 is 5.79. The summed E-state index contributed by atoms with van der Waals surface area (Å²) in [5.74, 6) is -3.49. The number of aliphatic hydroxyl groups is 3. The Balaban J connectivity index is 1.79. The molecule has 0 unspecified atom stereocenters. The monoisotopic (exact) mass is 362 g/mol. The highest BCUT2D eigenvalue weighted by atomic mass is 16.6. The molecule has 0 aromatic heterocycles. The van der Waals surface area contributed by atoms with Gasteiger partial charge in [-0.2, -0.15) is 0 Å². The maximum atomic E-state index is 13.3. The molecule has 26 heavy (non-hydrogen) atoms. The number of ketones is 2. The number of ether oxygens (including phenoxy) is 1. The molecule has 3 N–H and O–H groups in total. The maximum absolute atomic E-state index is 13.3. The first kappa shape index (κ1) is 17.0. The third-order valence-corrected chi connectivity index (χ3v) is 8.78. The van der Waals surface area contributed by atoms with Gasteiger partial charge in [0.1, 0.15) is 11.9 Å². The van der Waals surface area contributed by atoms with Crippen LogP contribution in [0.25, 0.3) is 0 Å². The lowest BCUT2D eigenvalue weighted by Gasteiger charge is -2.72. The molecule has 2 aliphatic heterocycles. The van der Waals surface area contributed by atoms with Gasteiger partial charge in [-0.05, 0) is 42.1 Å². The molecule has 6 rings (SSSR count). The van der Waals surface area contributed by atoms with Gasteiger partial charge >= 0.3 is 0 Å². The molecular weight excluding hydrogens is 336 g/mol. The minimum absolute atomic E-state index is 0.00293. The Hall–Kier alpha value is -1.08. The molecule has 6 aliphatic rings. The zero-order valence-corrected chi connectivity index (χ0v) is 15.2. The van der Waals surface area contributed by atoms with Gasteiger partial charge in [-0.1, -0.05) is 20.4 Å².